The van der Waals surface area contributed by atoms with E-state index in [0.29, 0.717) is 18.1 Å². The molecular formula is C13H14N4O3S. The maximum Gasteiger partial charge on any atom is 0.240 e. The van der Waals surface area contributed by atoms with Gasteiger partial charge < -0.3 is 4.52 Å². The van der Waals surface area contributed by atoms with E-state index < -0.39 is 10.0 Å². The minimum absolute atomic E-state index is 0.161. The van der Waals surface area contributed by atoms with E-state index >= 15 is 0 Å². The molecule has 0 unspecified atom stereocenters. The zero-order chi connectivity index (χ0) is 15.3. The summed E-state index contributed by atoms with van der Waals surface area (Å²) in [4.78, 5) is 4.15. The Kier molecular flexibility index (Phi) is 4.67. The van der Waals surface area contributed by atoms with Crippen molar-refractivity contribution in [1.29, 1.82) is 5.26 Å². The number of hydrogen-bond acceptors (Lipinski definition) is 6. The molecule has 1 aromatic carbocycles. The second-order valence-electron chi connectivity index (χ2n) is 4.36. The fourth-order valence-electron chi connectivity index (χ4n) is 1.70. The van der Waals surface area contributed by atoms with Crippen molar-refractivity contribution in [2.45, 2.75) is 24.7 Å². The van der Waals surface area contributed by atoms with Crippen molar-refractivity contribution in [3.63, 3.8) is 0 Å². The van der Waals surface area contributed by atoms with E-state index in [1.165, 1.54) is 12.1 Å². The van der Waals surface area contributed by atoms with Crippen LogP contribution in [0.5, 0.6) is 0 Å². The van der Waals surface area contributed by atoms with Crippen LogP contribution < -0.4 is 4.72 Å². The minimum atomic E-state index is -3.57. The van der Waals surface area contributed by atoms with Crippen LogP contribution in [-0.4, -0.2) is 25.1 Å². The first kappa shape index (κ1) is 15.2. The third kappa shape index (κ3) is 4.11. The molecule has 0 spiro atoms. The highest BCUT2D eigenvalue weighted by atomic mass is 32.2. The lowest BCUT2D eigenvalue weighted by molar-refractivity contribution is 0.387. The van der Waals surface area contributed by atoms with E-state index in [-0.39, 0.29) is 17.9 Å². The fourth-order valence-corrected chi connectivity index (χ4v) is 2.73. The first-order valence-corrected chi connectivity index (χ1v) is 7.74. The van der Waals surface area contributed by atoms with Crippen LogP contribution in [0.15, 0.2) is 33.7 Å². The van der Waals surface area contributed by atoms with Crippen molar-refractivity contribution in [1.82, 2.24) is 14.9 Å². The van der Waals surface area contributed by atoms with E-state index in [1.54, 1.807) is 19.1 Å². The number of nitrogens with one attached hydrogen (secondary N) is 1. The molecule has 0 fully saturated rings. The topological polar surface area (TPSA) is 109 Å². The molecule has 1 N–H and O–H groups in total. The Morgan fingerprint density at radius 3 is 2.62 bits per heavy atom. The van der Waals surface area contributed by atoms with Gasteiger partial charge in [0, 0.05) is 19.9 Å². The van der Waals surface area contributed by atoms with E-state index in [0.717, 1.165) is 5.56 Å². The molecule has 1 aromatic heterocycles. The average Bonchev–Trinajstić information content (AvgIpc) is 2.85. The van der Waals surface area contributed by atoms with Crippen molar-refractivity contribution in [2.75, 3.05) is 6.54 Å². The highest BCUT2D eigenvalue weighted by Gasteiger charge is 2.13. The summed E-state index contributed by atoms with van der Waals surface area (Å²) in [5.41, 5.74) is 0.777. The third-order valence-electron chi connectivity index (χ3n) is 2.73. The molecule has 8 heteroatoms. The zero-order valence-corrected chi connectivity index (χ0v) is 12.2. The number of benzene rings is 1. The number of nitriles is 1. The Bertz CT molecular complexity index is 744. The third-order valence-corrected chi connectivity index (χ3v) is 4.20. The van der Waals surface area contributed by atoms with E-state index in [1.807, 2.05) is 6.07 Å². The van der Waals surface area contributed by atoms with Gasteiger partial charge in [0.15, 0.2) is 5.82 Å². The van der Waals surface area contributed by atoms with Crippen molar-refractivity contribution in [3.05, 3.63) is 41.5 Å². The SMILES string of the molecule is Cc1nc(CCNS(=O)(=O)c2ccc(CC#N)cc2)no1. The smallest absolute Gasteiger partial charge is 0.240 e. The summed E-state index contributed by atoms with van der Waals surface area (Å²) in [5.74, 6) is 0.903. The van der Waals surface area contributed by atoms with Crippen LogP contribution in [0, 0.1) is 18.3 Å². The van der Waals surface area contributed by atoms with Gasteiger partial charge in [0.05, 0.1) is 17.4 Å². The molecule has 0 aliphatic carbocycles. The number of aromatic nitrogens is 2. The van der Waals surface area contributed by atoms with Crippen LogP contribution >= 0.6 is 0 Å². The zero-order valence-electron chi connectivity index (χ0n) is 11.4. The molecule has 2 rings (SSSR count). The van der Waals surface area contributed by atoms with Crippen LogP contribution in [0.3, 0.4) is 0 Å². The molecule has 0 aliphatic heterocycles. The Morgan fingerprint density at radius 2 is 2.05 bits per heavy atom. The van der Waals surface area contributed by atoms with Crippen molar-refractivity contribution < 1.29 is 12.9 Å². The first-order valence-electron chi connectivity index (χ1n) is 6.26. The second-order valence-corrected chi connectivity index (χ2v) is 6.12. The quantitative estimate of drug-likeness (QED) is 0.851. The highest BCUT2D eigenvalue weighted by Crippen LogP contribution is 2.10. The summed E-state index contributed by atoms with van der Waals surface area (Å²) in [6, 6.07) is 8.22. The van der Waals surface area contributed by atoms with Gasteiger partial charge in [-0.15, -0.1) is 0 Å². The Hall–Kier alpha value is -2.24. The fraction of sp³-hybridized carbons (Fsp3) is 0.308. The van der Waals surface area contributed by atoms with Crippen LogP contribution in [0.4, 0.5) is 0 Å². The molecule has 0 radical (unpaired) electrons. The van der Waals surface area contributed by atoms with Gasteiger partial charge >= 0.3 is 0 Å². The van der Waals surface area contributed by atoms with Crippen LogP contribution in [0.25, 0.3) is 0 Å². The van der Waals surface area contributed by atoms with Gasteiger partial charge in [0.2, 0.25) is 15.9 Å². The van der Waals surface area contributed by atoms with Gasteiger partial charge in [0.25, 0.3) is 0 Å². The Labute approximate surface area is 122 Å². The predicted molar refractivity (Wildman–Crippen MR) is 73.7 cm³/mol. The lowest BCUT2D eigenvalue weighted by atomic mass is 10.2. The minimum Gasteiger partial charge on any atom is -0.340 e. The molecule has 0 saturated carbocycles. The molecule has 7 nitrogen and oxygen atoms in total. The van der Waals surface area contributed by atoms with Crippen LogP contribution in [0.1, 0.15) is 17.3 Å². The molecule has 0 aliphatic rings. The number of sulfonamides is 1. The number of nitrogens with zero attached hydrogens (tertiary/aromatic N) is 3. The average molecular weight is 306 g/mol. The predicted octanol–water partition coefficient (Wildman–Crippen LogP) is 0.965. The van der Waals surface area contributed by atoms with Crippen molar-refractivity contribution >= 4 is 10.0 Å². The van der Waals surface area contributed by atoms with E-state index in [2.05, 4.69) is 14.9 Å². The largest absolute Gasteiger partial charge is 0.340 e. The van der Waals surface area contributed by atoms with Gasteiger partial charge in [-0.25, -0.2) is 13.1 Å². The maximum atomic E-state index is 12.1. The van der Waals surface area contributed by atoms with Gasteiger partial charge in [-0.3, -0.25) is 0 Å². The molecule has 110 valence electrons. The molecule has 0 saturated heterocycles. The molecule has 0 atom stereocenters. The summed E-state index contributed by atoms with van der Waals surface area (Å²) in [7, 11) is -3.57. The lowest BCUT2D eigenvalue weighted by Crippen LogP contribution is -2.26. The van der Waals surface area contributed by atoms with Gasteiger partial charge in [-0.1, -0.05) is 17.3 Å². The van der Waals surface area contributed by atoms with Crippen LogP contribution in [-0.2, 0) is 22.9 Å². The van der Waals surface area contributed by atoms with Crippen molar-refractivity contribution in [3.8, 4) is 6.07 Å². The summed E-state index contributed by atoms with van der Waals surface area (Å²) >= 11 is 0. The normalized spacial score (nSPS) is 11.2. The molecular weight excluding hydrogens is 292 g/mol. The Balaban J connectivity index is 1.96. The summed E-state index contributed by atoms with van der Waals surface area (Å²) in [6.45, 7) is 1.85. The Morgan fingerprint density at radius 1 is 1.33 bits per heavy atom. The summed E-state index contributed by atoms with van der Waals surface area (Å²) in [5, 5.41) is 12.3. The lowest BCUT2D eigenvalue weighted by Gasteiger charge is -2.06. The van der Waals surface area contributed by atoms with Crippen molar-refractivity contribution in [2.24, 2.45) is 0 Å². The van der Waals surface area contributed by atoms with Gasteiger partial charge in [-0.2, -0.15) is 10.2 Å². The molecule has 0 amide bonds. The number of rotatable bonds is 6. The van der Waals surface area contributed by atoms with Crippen LogP contribution in [0.2, 0.25) is 0 Å². The highest BCUT2D eigenvalue weighted by molar-refractivity contribution is 7.89. The standard InChI is InChI=1S/C13H14N4O3S/c1-10-16-13(17-20-10)7-9-15-21(18,19)12-4-2-11(3-5-12)6-8-14/h2-5,15H,6-7,9H2,1H3. The summed E-state index contributed by atoms with van der Waals surface area (Å²) in [6.07, 6.45) is 0.605. The van der Waals surface area contributed by atoms with E-state index in [9.17, 15) is 8.42 Å². The number of hydrogen-bond donors (Lipinski definition) is 1. The second kappa shape index (κ2) is 6.47. The van der Waals surface area contributed by atoms with Gasteiger partial charge in [0.1, 0.15) is 0 Å². The summed E-state index contributed by atoms with van der Waals surface area (Å²) < 4.78 is 31.4. The molecule has 2 aromatic rings. The molecule has 0 bridgehead atoms. The molecule has 1 heterocycles. The monoisotopic (exact) mass is 306 g/mol. The molecule has 21 heavy (non-hydrogen) atoms. The first-order chi connectivity index (χ1) is 10.0. The van der Waals surface area contributed by atoms with E-state index in [4.69, 9.17) is 9.78 Å². The maximum absolute atomic E-state index is 12.1. The van der Waals surface area contributed by atoms with Gasteiger partial charge in [-0.05, 0) is 17.7 Å². The number of aryl methyl sites for hydroxylation is 1.